The van der Waals surface area contributed by atoms with Crippen molar-refractivity contribution in [2.24, 2.45) is 0 Å². The molecule has 0 spiro atoms. The molecule has 0 aromatic carbocycles. The predicted molar refractivity (Wildman–Crippen MR) is 339 cm³/mol. The minimum Gasteiger partial charge on any atom is -0.466 e. The van der Waals surface area contributed by atoms with E-state index in [1.807, 2.05) is 0 Å². The quantitative estimate of drug-likeness (QED) is 0.0336. The first-order valence-corrected chi connectivity index (χ1v) is 34.9. The Kier molecular flexibility index (Phi) is 68.1. The van der Waals surface area contributed by atoms with E-state index in [1.54, 1.807) is 0 Å². The molecule has 0 aliphatic rings. The van der Waals surface area contributed by atoms with Gasteiger partial charge in [-0.05, 0) is 71.4 Å². The average Bonchev–Trinajstić information content (AvgIpc) is 3.44. The molecule has 0 aliphatic heterocycles. The van der Waals surface area contributed by atoms with Crippen LogP contribution in [0.1, 0.15) is 350 Å². The molecule has 9 heteroatoms. The molecule has 466 valence electrons. The Morgan fingerprint density at radius 2 is 0.397 bits per heavy atom. The standard InChI is InChI=1S/C43H86N2O4.C26H53NO2/c1-5-9-11-13-15-17-19-21-23-25-27-29-31-40-48-42(46)34-38-44(7-3)36-33-37-45(8-4)39-35-43(47)49-41-32-30-28-26-24-22-20-18-16-14-12-10-6-2;1-4-7-9-11-12-13-14-15-16-17-18-19-21-25-29-26(28)22-24-27(6-3)23-20-10-8-5-2/h5-41H2,1-4H3;4-25H2,1-3H3. The van der Waals surface area contributed by atoms with Gasteiger partial charge in [-0.15, -0.1) is 0 Å². The molecule has 0 bridgehead atoms. The predicted octanol–water partition coefficient (Wildman–Crippen LogP) is 20.0. The minimum absolute atomic E-state index is 0.0176. The number of carbonyl (C=O) groups is 3. The second-order valence-electron chi connectivity index (χ2n) is 23.4. The van der Waals surface area contributed by atoms with Crippen LogP contribution in [0.5, 0.6) is 0 Å². The Hall–Kier alpha value is -1.71. The molecular formula is C69H139N3O6. The highest BCUT2D eigenvalue weighted by atomic mass is 16.5. The summed E-state index contributed by atoms with van der Waals surface area (Å²) in [5.41, 5.74) is 0. The van der Waals surface area contributed by atoms with Crippen molar-refractivity contribution in [1.29, 1.82) is 0 Å². The van der Waals surface area contributed by atoms with Gasteiger partial charge in [0.05, 0.1) is 39.1 Å². The number of ether oxygens (including phenoxy) is 3. The van der Waals surface area contributed by atoms with Crippen LogP contribution in [0.25, 0.3) is 0 Å². The summed E-state index contributed by atoms with van der Waals surface area (Å²) in [5.74, 6) is -0.147. The first kappa shape index (κ1) is 78.4. The van der Waals surface area contributed by atoms with Crippen LogP contribution in [-0.4, -0.2) is 111 Å². The van der Waals surface area contributed by atoms with Crippen LogP contribution in [0.2, 0.25) is 0 Å². The summed E-state index contributed by atoms with van der Waals surface area (Å²) >= 11 is 0. The molecule has 78 heavy (non-hydrogen) atoms. The SMILES string of the molecule is CCCCCCCCCCCCCCCOC(=O)CCN(CC)CCCCCC.CCCCCCCCCCCCCCCOC(=O)CCN(CC)CCCN(CC)CCC(=O)OCCCCCCCCCCCCCCC. The van der Waals surface area contributed by atoms with Crippen molar-refractivity contribution in [3.05, 3.63) is 0 Å². The highest BCUT2D eigenvalue weighted by Crippen LogP contribution is 2.16. The van der Waals surface area contributed by atoms with E-state index in [0.29, 0.717) is 39.1 Å². The summed E-state index contributed by atoms with van der Waals surface area (Å²) in [5, 5.41) is 0. The Labute approximate surface area is 488 Å². The number of hydrogen-bond donors (Lipinski definition) is 0. The first-order chi connectivity index (χ1) is 38.3. The first-order valence-electron chi connectivity index (χ1n) is 34.9. The molecule has 0 aromatic rings. The van der Waals surface area contributed by atoms with Crippen LogP contribution in [0.15, 0.2) is 0 Å². The number of nitrogens with zero attached hydrogens (tertiary/aromatic N) is 3. The fraction of sp³-hybridized carbons (Fsp3) is 0.957. The van der Waals surface area contributed by atoms with E-state index in [2.05, 4.69) is 63.2 Å². The number of unbranched alkanes of at least 4 members (excludes halogenated alkanes) is 39. The van der Waals surface area contributed by atoms with Crippen molar-refractivity contribution in [3.8, 4) is 0 Å². The maximum atomic E-state index is 12.3. The summed E-state index contributed by atoms with van der Waals surface area (Å²) in [6.45, 7) is 25.6. The minimum atomic E-state index is -0.0649. The van der Waals surface area contributed by atoms with Crippen molar-refractivity contribution in [2.75, 3.05) is 78.7 Å². The van der Waals surface area contributed by atoms with E-state index in [1.165, 1.54) is 244 Å². The summed E-state index contributed by atoms with van der Waals surface area (Å²) in [7, 11) is 0. The molecule has 0 saturated carbocycles. The van der Waals surface area contributed by atoms with Crippen LogP contribution in [0, 0.1) is 0 Å². The van der Waals surface area contributed by atoms with Gasteiger partial charge in [0.1, 0.15) is 0 Å². The summed E-state index contributed by atoms with van der Waals surface area (Å²) in [4.78, 5) is 43.5. The second-order valence-corrected chi connectivity index (χ2v) is 23.4. The van der Waals surface area contributed by atoms with Crippen molar-refractivity contribution in [1.82, 2.24) is 14.7 Å². The maximum absolute atomic E-state index is 12.3. The van der Waals surface area contributed by atoms with Gasteiger partial charge in [0.2, 0.25) is 0 Å². The lowest BCUT2D eigenvalue weighted by atomic mass is 10.0. The molecule has 0 radical (unpaired) electrons. The Balaban J connectivity index is 0. The zero-order valence-corrected chi connectivity index (χ0v) is 54.0. The fourth-order valence-electron chi connectivity index (χ4n) is 10.4. The summed E-state index contributed by atoms with van der Waals surface area (Å²) < 4.78 is 16.4. The number of rotatable bonds is 63. The highest BCUT2D eigenvalue weighted by molar-refractivity contribution is 5.70. The molecule has 0 amide bonds. The van der Waals surface area contributed by atoms with Crippen molar-refractivity contribution < 1.29 is 28.6 Å². The van der Waals surface area contributed by atoms with E-state index in [9.17, 15) is 14.4 Å². The fourth-order valence-corrected chi connectivity index (χ4v) is 10.4. The van der Waals surface area contributed by atoms with Gasteiger partial charge in [-0.25, -0.2) is 0 Å². The van der Waals surface area contributed by atoms with Gasteiger partial charge >= 0.3 is 17.9 Å². The molecule has 9 nitrogen and oxygen atoms in total. The van der Waals surface area contributed by atoms with Crippen molar-refractivity contribution in [2.45, 2.75) is 350 Å². The molecule has 0 N–H and O–H groups in total. The Bertz CT molecular complexity index is 1130. The summed E-state index contributed by atoms with van der Waals surface area (Å²) in [6.07, 6.45) is 59.6. The van der Waals surface area contributed by atoms with Gasteiger partial charge in [0.25, 0.3) is 0 Å². The maximum Gasteiger partial charge on any atom is 0.307 e. The van der Waals surface area contributed by atoms with Gasteiger partial charge < -0.3 is 28.9 Å². The topological polar surface area (TPSA) is 88.6 Å². The zero-order chi connectivity index (χ0) is 57.3. The van der Waals surface area contributed by atoms with E-state index >= 15 is 0 Å². The number of carbonyl (C=O) groups excluding carboxylic acids is 3. The third-order valence-electron chi connectivity index (χ3n) is 16.0. The lowest BCUT2D eigenvalue weighted by Gasteiger charge is -2.23. The Morgan fingerprint density at radius 3 is 0.603 bits per heavy atom. The van der Waals surface area contributed by atoms with Gasteiger partial charge in [0, 0.05) is 19.6 Å². The van der Waals surface area contributed by atoms with Crippen molar-refractivity contribution in [3.63, 3.8) is 0 Å². The van der Waals surface area contributed by atoms with Crippen LogP contribution in [0.4, 0.5) is 0 Å². The molecular weight excluding hydrogens is 967 g/mol. The third-order valence-corrected chi connectivity index (χ3v) is 16.0. The highest BCUT2D eigenvalue weighted by Gasteiger charge is 2.12. The molecule has 0 atom stereocenters. The molecule has 0 aromatic heterocycles. The smallest absolute Gasteiger partial charge is 0.307 e. The van der Waals surface area contributed by atoms with E-state index in [-0.39, 0.29) is 17.9 Å². The lowest BCUT2D eigenvalue weighted by molar-refractivity contribution is -0.145. The van der Waals surface area contributed by atoms with Gasteiger partial charge in [0.15, 0.2) is 0 Å². The second kappa shape index (κ2) is 67.8. The number of esters is 3. The van der Waals surface area contributed by atoms with Gasteiger partial charge in [-0.2, -0.15) is 0 Å². The monoisotopic (exact) mass is 1110 g/mol. The molecule has 0 aliphatic carbocycles. The van der Waals surface area contributed by atoms with E-state index < -0.39 is 0 Å². The van der Waals surface area contributed by atoms with Crippen LogP contribution in [-0.2, 0) is 28.6 Å². The van der Waals surface area contributed by atoms with Crippen LogP contribution < -0.4 is 0 Å². The third kappa shape index (κ3) is 63.5. The lowest BCUT2D eigenvalue weighted by Crippen LogP contribution is -2.32. The van der Waals surface area contributed by atoms with Gasteiger partial charge in [-0.3, -0.25) is 14.4 Å². The van der Waals surface area contributed by atoms with Crippen LogP contribution >= 0.6 is 0 Å². The normalized spacial score (nSPS) is 11.5. The van der Waals surface area contributed by atoms with Gasteiger partial charge in [-0.1, -0.05) is 299 Å². The number of hydrogen-bond acceptors (Lipinski definition) is 9. The molecule has 0 heterocycles. The van der Waals surface area contributed by atoms with E-state index in [0.717, 1.165) is 97.4 Å². The molecule has 0 saturated heterocycles. The molecule has 0 unspecified atom stereocenters. The van der Waals surface area contributed by atoms with Crippen molar-refractivity contribution >= 4 is 17.9 Å². The zero-order valence-electron chi connectivity index (χ0n) is 54.0. The summed E-state index contributed by atoms with van der Waals surface area (Å²) in [6, 6.07) is 0. The Morgan fingerprint density at radius 1 is 0.218 bits per heavy atom. The molecule has 0 rings (SSSR count). The average molecular weight is 1110 g/mol. The van der Waals surface area contributed by atoms with Crippen LogP contribution in [0.3, 0.4) is 0 Å². The van der Waals surface area contributed by atoms with E-state index in [4.69, 9.17) is 14.2 Å². The molecule has 0 fully saturated rings. The largest absolute Gasteiger partial charge is 0.466 e.